The minimum atomic E-state index is -0.234. The van der Waals surface area contributed by atoms with Crippen LogP contribution in [0.2, 0.25) is 0 Å². The smallest absolute Gasteiger partial charge is 0.255 e. The van der Waals surface area contributed by atoms with Crippen molar-refractivity contribution in [2.24, 2.45) is 0 Å². The van der Waals surface area contributed by atoms with Crippen LogP contribution in [-0.2, 0) is 0 Å². The maximum Gasteiger partial charge on any atom is 0.255 e. The molecular formula is C17H14N2O2. The van der Waals surface area contributed by atoms with E-state index < -0.39 is 0 Å². The summed E-state index contributed by atoms with van der Waals surface area (Å²) >= 11 is 0. The van der Waals surface area contributed by atoms with E-state index in [-0.39, 0.29) is 12.5 Å². The van der Waals surface area contributed by atoms with E-state index in [1.54, 1.807) is 42.5 Å². The Bertz CT molecular complexity index is 697. The Labute approximate surface area is 123 Å². The largest absolute Gasteiger partial charge is 0.392 e. The topological polar surface area (TPSA) is 73.1 Å². The average molecular weight is 278 g/mol. The summed E-state index contributed by atoms with van der Waals surface area (Å²) in [5, 5.41) is 20.3. The first-order chi connectivity index (χ1) is 10.2. The first-order valence-corrected chi connectivity index (χ1v) is 6.42. The predicted octanol–water partition coefficient (Wildman–Crippen LogP) is 2.82. The van der Waals surface area contributed by atoms with Crippen molar-refractivity contribution in [2.45, 2.75) is 0 Å². The summed E-state index contributed by atoms with van der Waals surface area (Å²) in [5.41, 5.74) is 2.57. The third kappa shape index (κ3) is 4.03. The van der Waals surface area contributed by atoms with Crippen molar-refractivity contribution < 1.29 is 9.90 Å². The molecule has 0 aliphatic carbocycles. The molecule has 0 aliphatic rings. The number of nitrogens with one attached hydrogen (secondary N) is 1. The van der Waals surface area contributed by atoms with Crippen LogP contribution in [0.15, 0.2) is 54.6 Å². The van der Waals surface area contributed by atoms with Gasteiger partial charge in [-0.15, -0.1) is 0 Å². The van der Waals surface area contributed by atoms with Gasteiger partial charge in [0.2, 0.25) is 0 Å². The zero-order valence-corrected chi connectivity index (χ0v) is 11.3. The van der Waals surface area contributed by atoms with Crippen molar-refractivity contribution in [3.05, 3.63) is 71.3 Å². The second-order valence-electron chi connectivity index (χ2n) is 4.35. The van der Waals surface area contributed by atoms with Crippen molar-refractivity contribution in [3.63, 3.8) is 0 Å². The van der Waals surface area contributed by atoms with Crippen molar-refractivity contribution in [2.75, 3.05) is 11.9 Å². The highest BCUT2D eigenvalue weighted by atomic mass is 16.2. The molecule has 2 aromatic rings. The van der Waals surface area contributed by atoms with Crippen molar-refractivity contribution >= 4 is 17.7 Å². The van der Waals surface area contributed by atoms with Gasteiger partial charge in [0.05, 0.1) is 18.2 Å². The summed E-state index contributed by atoms with van der Waals surface area (Å²) in [4.78, 5) is 12.1. The zero-order chi connectivity index (χ0) is 15.1. The lowest BCUT2D eigenvalue weighted by molar-refractivity contribution is 0.102. The van der Waals surface area contributed by atoms with Crippen LogP contribution in [0.1, 0.15) is 21.5 Å². The number of hydrogen-bond donors (Lipinski definition) is 2. The highest BCUT2D eigenvalue weighted by molar-refractivity contribution is 6.04. The van der Waals surface area contributed by atoms with Gasteiger partial charge in [0.15, 0.2) is 0 Å². The molecule has 0 heterocycles. The summed E-state index contributed by atoms with van der Waals surface area (Å²) in [7, 11) is 0. The number of carbonyl (C=O) groups is 1. The Morgan fingerprint density at radius 1 is 1.24 bits per heavy atom. The molecule has 104 valence electrons. The quantitative estimate of drug-likeness (QED) is 0.903. The van der Waals surface area contributed by atoms with Crippen LogP contribution < -0.4 is 5.32 Å². The van der Waals surface area contributed by atoms with Crippen molar-refractivity contribution in [1.82, 2.24) is 0 Å². The molecule has 0 aromatic heterocycles. The lowest BCUT2D eigenvalue weighted by Gasteiger charge is -2.06. The molecule has 2 rings (SSSR count). The Morgan fingerprint density at radius 2 is 2.00 bits per heavy atom. The van der Waals surface area contributed by atoms with E-state index in [2.05, 4.69) is 5.32 Å². The van der Waals surface area contributed by atoms with Gasteiger partial charge in [-0.3, -0.25) is 4.79 Å². The van der Waals surface area contributed by atoms with Crippen LogP contribution in [0.5, 0.6) is 0 Å². The maximum absolute atomic E-state index is 12.1. The predicted molar refractivity (Wildman–Crippen MR) is 81.7 cm³/mol. The van der Waals surface area contributed by atoms with Crippen LogP contribution in [0, 0.1) is 11.3 Å². The molecule has 2 N–H and O–H groups in total. The fourth-order valence-corrected chi connectivity index (χ4v) is 1.81. The van der Waals surface area contributed by atoms with E-state index in [9.17, 15) is 4.79 Å². The summed E-state index contributed by atoms with van der Waals surface area (Å²) in [6.45, 7) is -0.0260. The molecule has 0 saturated carbocycles. The Kier molecular flexibility index (Phi) is 4.86. The van der Waals surface area contributed by atoms with Gasteiger partial charge in [-0.1, -0.05) is 24.3 Å². The number of anilines is 1. The number of carbonyl (C=O) groups excluding carboxylic acids is 1. The SMILES string of the molecule is N#Cc1ccc(C(=O)Nc2cccc(/C=C/CO)c2)cc1. The first kappa shape index (κ1) is 14.5. The minimum Gasteiger partial charge on any atom is -0.392 e. The number of nitriles is 1. The Hall–Kier alpha value is -2.90. The summed E-state index contributed by atoms with van der Waals surface area (Å²) in [6, 6.07) is 15.8. The van der Waals surface area contributed by atoms with E-state index in [4.69, 9.17) is 10.4 Å². The highest BCUT2D eigenvalue weighted by Crippen LogP contribution is 2.14. The number of rotatable bonds is 4. The molecule has 0 aliphatic heterocycles. The molecule has 0 saturated heterocycles. The van der Waals surface area contributed by atoms with E-state index in [0.29, 0.717) is 16.8 Å². The van der Waals surface area contributed by atoms with Crippen molar-refractivity contribution in [1.29, 1.82) is 5.26 Å². The zero-order valence-electron chi connectivity index (χ0n) is 11.3. The molecule has 21 heavy (non-hydrogen) atoms. The third-order valence-electron chi connectivity index (χ3n) is 2.84. The molecule has 0 bridgehead atoms. The minimum absolute atomic E-state index is 0.0260. The Morgan fingerprint density at radius 3 is 2.67 bits per heavy atom. The molecule has 0 spiro atoms. The average Bonchev–Trinajstić information content (AvgIpc) is 2.53. The van der Waals surface area contributed by atoms with Gasteiger partial charge in [0.25, 0.3) is 5.91 Å². The van der Waals surface area contributed by atoms with Crippen LogP contribution >= 0.6 is 0 Å². The van der Waals surface area contributed by atoms with Crippen molar-refractivity contribution in [3.8, 4) is 6.07 Å². The summed E-state index contributed by atoms with van der Waals surface area (Å²) in [6.07, 6.45) is 3.40. The van der Waals surface area contributed by atoms with Gasteiger partial charge in [0, 0.05) is 11.3 Å². The number of hydrogen-bond acceptors (Lipinski definition) is 3. The maximum atomic E-state index is 12.1. The number of benzene rings is 2. The summed E-state index contributed by atoms with van der Waals surface area (Å²) in [5.74, 6) is -0.234. The second-order valence-corrected chi connectivity index (χ2v) is 4.35. The Balaban J connectivity index is 2.11. The molecule has 4 nitrogen and oxygen atoms in total. The number of amides is 1. The fourth-order valence-electron chi connectivity index (χ4n) is 1.81. The third-order valence-corrected chi connectivity index (χ3v) is 2.84. The molecular weight excluding hydrogens is 264 g/mol. The number of aliphatic hydroxyl groups excluding tert-OH is 1. The van der Waals surface area contributed by atoms with E-state index in [1.807, 2.05) is 24.3 Å². The van der Waals surface area contributed by atoms with Crippen LogP contribution in [-0.4, -0.2) is 17.6 Å². The highest BCUT2D eigenvalue weighted by Gasteiger charge is 2.06. The molecule has 1 amide bonds. The number of aliphatic hydroxyl groups is 1. The molecule has 0 radical (unpaired) electrons. The lowest BCUT2D eigenvalue weighted by Crippen LogP contribution is -2.11. The van der Waals surface area contributed by atoms with Gasteiger partial charge >= 0.3 is 0 Å². The molecule has 0 fully saturated rings. The molecule has 2 aromatic carbocycles. The van der Waals surface area contributed by atoms with Crippen LogP contribution in [0.4, 0.5) is 5.69 Å². The second kappa shape index (κ2) is 7.04. The monoisotopic (exact) mass is 278 g/mol. The van der Waals surface area contributed by atoms with Gasteiger partial charge in [-0.25, -0.2) is 0 Å². The van der Waals surface area contributed by atoms with E-state index in [1.165, 1.54) is 0 Å². The standard InChI is InChI=1S/C17H14N2O2/c18-12-14-6-8-15(9-7-14)17(21)19-16-5-1-3-13(11-16)4-2-10-20/h1-9,11,20H,10H2,(H,19,21)/b4-2+. The lowest BCUT2D eigenvalue weighted by atomic mass is 10.1. The van der Waals surface area contributed by atoms with E-state index >= 15 is 0 Å². The molecule has 4 heteroatoms. The van der Waals surface area contributed by atoms with Crippen LogP contribution in [0.25, 0.3) is 6.08 Å². The molecule has 0 unspecified atom stereocenters. The summed E-state index contributed by atoms with van der Waals surface area (Å²) < 4.78 is 0. The van der Waals surface area contributed by atoms with Gasteiger partial charge in [-0.2, -0.15) is 5.26 Å². The number of nitrogens with zero attached hydrogens (tertiary/aromatic N) is 1. The van der Waals surface area contributed by atoms with Crippen LogP contribution in [0.3, 0.4) is 0 Å². The molecule has 0 atom stereocenters. The normalized spacial score (nSPS) is 10.3. The van der Waals surface area contributed by atoms with Gasteiger partial charge in [-0.05, 0) is 42.0 Å². The van der Waals surface area contributed by atoms with Gasteiger partial charge in [0.1, 0.15) is 0 Å². The van der Waals surface area contributed by atoms with Gasteiger partial charge < -0.3 is 10.4 Å². The first-order valence-electron chi connectivity index (χ1n) is 6.42. The fraction of sp³-hybridized carbons (Fsp3) is 0.0588. The van der Waals surface area contributed by atoms with E-state index in [0.717, 1.165) is 5.56 Å².